The molecule has 2 aliphatic rings. The van der Waals surface area contributed by atoms with Gasteiger partial charge in [-0.05, 0) is 53.8 Å². The molecule has 0 spiro atoms. The van der Waals surface area contributed by atoms with Gasteiger partial charge in [-0.2, -0.15) is 0 Å². The van der Waals surface area contributed by atoms with E-state index in [2.05, 4.69) is 4.98 Å². The topological polar surface area (TPSA) is 70.6 Å². The zero-order chi connectivity index (χ0) is 25.3. The van der Waals surface area contributed by atoms with Gasteiger partial charge in [-0.1, -0.05) is 42.5 Å². The fourth-order valence-electron chi connectivity index (χ4n) is 5.60. The van der Waals surface area contributed by atoms with Crippen molar-refractivity contribution in [3.63, 3.8) is 0 Å². The third-order valence-corrected chi connectivity index (χ3v) is 7.50. The molecule has 2 aliphatic heterocycles. The Labute approximate surface area is 209 Å². The van der Waals surface area contributed by atoms with Gasteiger partial charge in [-0.25, -0.2) is 4.39 Å². The number of rotatable bonds is 6. The summed E-state index contributed by atoms with van der Waals surface area (Å²) in [5.74, 6) is -1.19. The van der Waals surface area contributed by atoms with Crippen LogP contribution >= 0.6 is 0 Å². The molecular weight excluding hydrogens is 457 g/mol. The van der Waals surface area contributed by atoms with E-state index in [0.29, 0.717) is 30.6 Å². The van der Waals surface area contributed by atoms with E-state index in [-0.39, 0.29) is 48.8 Å². The van der Waals surface area contributed by atoms with Crippen LogP contribution in [0.4, 0.5) is 4.39 Å². The van der Waals surface area contributed by atoms with Gasteiger partial charge in [-0.15, -0.1) is 0 Å². The van der Waals surface area contributed by atoms with E-state index in [9.17, 15) is 18.8 Å². The van der Waals surface area contributed by atoms with E-state index in [1.54, 1.807) is 47.6 Å². The second-order valence-electron chi connectivity index (χ2n) is 9.74. The van der Waals surface area contributed by atoms with Gasteiger partial charge in [0.2, 0.25) is 17.7 Å². The molecule has 1 aromatic heterocycles. The molecule has 184 valence electrons. The molecule has 0 bridgehead atoms. The number of carbonyl (C=O) groups is 3. The van der Waals surface area contributed by atoms with E-state index < -0.39 is 5.41 Å². The first-order chi connectivity index (χ1) is 17.4. The summed E-state index contributed by atoms with van der Waals surface area (Å²) in [6.45, 7) is 2.92. The molecule has 3 heterocycles. The maximum Gasteiger partial charge on any atom is 0.241 e. The zero-order valence-corrected chi connectivity index (χ0v) is 20.2. The van der Waals surface area contributed by atoms with Crippen LogP contribution in [-0.2, 0) is 26.3 Å². The number of hydrogen-bond donors (Lipinski definition) is 0. The zero-order valence-electron chi connectivity index (χ0n) is 20.2. The summed E-state index contributed by atoms with van der Waals surface area (Å²) in [6.07, 6.45) is 3.75. The summed E-state index contributed by atoms with van der Waals surface area (Å²) in [6, 6.07) is 17.7. The number of imide groups is 1. The van der Waals surface area contributed by atoms with Crippen molar-refractivity contribution in [1.82, 2.24) is 14.8 Å². The fourth-order valence-corrected chi connectivity index (χ4v) is 5.60. The van der Waals surface area contributed by atoms with Gasteiger partial charge < -0.3 is 4.90 Å². The lowest BCUT2D eigenvalue weighted by molar-refractivity contribution is -0.143. The SMILES string of the molecule is Cc1ccccc1[C@@]1(CC(=O)N2CC[C@H](c3ccccc3F)C2)CC(=O)N(Cc2ccncc2)C1=O. The maximum atomic E-state index is 14.3. The minimum Gasteiger partial charge on any atom is -0.342 e. The first-order valence-electron chi connectivity index (χ1n) is 12.2. The number of hydrogen-bond acceptors (Lipinski definition) is 4. The predicted octanol–water partition coefficient (Wildman–Crippen LogP) is 4.13. The average Bonchev–Trinajstić information content (AvgIpc) is 3.45. The number of likely N-dealkylation sites (tertiary alicyclic amines) is 2. The quantitative estimate of drug-likeness (QED) is 0.493. The van der Waals surface area contributed by atoms with Crippen LogP contribution in [-0.4, -0.2) is 45.6 Å². The highest BCUT2D eigenvalue weighted by molar-refractivity contribution is 6.10. The summed E-state index contributed by atoms with van der Waals surface area (Å²) >= 11 is 0. The maximum absolute atomic E-state index is 14.3. The van der Waals surface area contributed by atoms with Gasteiger partial charge in [0, 0.05) is 44.2 Å². The van der Waals surface area contributed by atoms with Crippen molar-refractivity contribution >= 4 is 17.7 Å². The summed E-state index contributed by atoms with van der Waals surface area (Å²) in [4.78, 5) is 47.7. The van der Waals surface area contributed by atoms with Crippen LogP contribution in [0.15, 0.2) is 73.1 Å². The first kappa shape index (κ1) is 23.9. The third kappa shape index (κ3) is 4.30. The molecule has 2 aromatic carbocycles. The van der Waals surface area contributed by atoms with E-state index in [0.717, 1.165) is 11.1 Å². The second-order valence-corrected chi connectivity index (χ2v) is 9.74. The van der Waals surface area contributed by atoms with Crippen molar-refractivity contribution < 1.29 is 18.8 Å². The van der Waals surface area contributed by atoms with Crippen molar-refractivity contribution in [1.29, 1.82) is 0 Å². The molecule has 0 saturated carbocycles. The molecular formula is C29H28FN3O3. The Morgan fingerprint density at radius 1 is 1.06 bits per heavy atom. The largest absolute Gasteiger partial charge is 0.342 e. The number of nitrogens with zero attached hydrogens (tertiary/aromatic N) is 3. The smallest absolute Gasteiger partial charge is 0.241 e. The molecule has 0 N–H and O–H groups in total. The van der Waals surface area contributed by atoms with Crippen LogP contribution in [0.25, 0.3) is 0 Å². The minimum absolute atomic E-state index is 0.0574. The molecule has 0 aliphatic carbocycles. The number of aryl methyl sites for hydroxylation is 1. The summed E-state index contributed by atoms with van der Waals surface area (Å²) in [5.41, 5.74) is 1.72. The van der Waals surface area contributed by atoms with E-state index in [1.165, 1.54) is 11.0 Å². The number of carbonyl (C=O) groups excluding carboxylic acids is 3. The van der Waals surface area contributed by atoms with Crippen molar-refractivity contribution in [2.75, 3.05) is 13.1 Å². The average molecular weight is 486 g/mol. The van der Waals surface area contributed by atoms with Crippen LogP contribution < -0.4 is 0 Å². The molecule has 7 heteroatoms. The third-order valence-electron chi connectivity index (χ3n) is 7.50. The summed E-state index contributed by atoms with van der Waals surface area (Å²) in [7, 11) is 0. The Morgan fingerprint density at radius 3 is 2.53 bits per heavy atom. The number of aromatic nitrogens is 1. The lowest BCUT2D eigenvalue weighted by atomic mass is 9.74. The van der Waals surface area contributed by atoms with Crippen LogP contribution in [0.5, 0.6) is 0 Å². The number of pyridine rings is 1. The number of amides is 3. The Hall–Kier alpha value is -3.87. The fraction of sp³-hybridized carbons (Fsp3) is 0.310. The van der Waals surface area contributed by atoms with E-state index >= 15 is 0 Å². The van der Waals surface area contributed by atoms with Gasteiger partial charge in [-0.3, -0.25) is 24.3 Å². The Bertz CT molecular complexity index is 1310. The van der Waals surface area contributed by atoms with Crippen molar-refractivity contribution in [2.45, 2.75) is 44.1 Å². The first-order valence-corrected chi connectivity index (χ1v) is 12.2. The van der Waals surface area contributed by atoms with Crippen LogP contribution in [0.3, 0.4) is 0 Å². The Balaban J connectivity index is 1.42. The van der Waals surface area contributed by atoms with Crippen LogP contribution in [0, 0.1) is 12.7 Å². The van der Waals surface area contributed by atoms with Crippen molar-refractivity contribution in [3.05, 3.63) is 101 Å². The molecule has 6 nitrogen and oxygen atoms in total. The van der Waals surface area contributed by atoms with Gasteiger partial charge in [0.15, 0.2) is 0 Å². The van der Waals surface area contributed by atoms with Gasteiger partial charge in [0.1, 0.15) is 5.82 Å². The molecule has 0 unspecified atom stereocenters. The lowest BCUT2D eigenvalue weighted by Gasteiger charge is -2.30. The molecule has 2 atom stereocenters. The molecule has 3 aromatic rings. The van der Waals surface area contributed by atoms with Gasteiger partial charge in [0.05, 0.1) is 12.0 Å². The highest BCUT2D eigenvalue weighted by Gasteiger charge is 2.54. The highest BCUT2D eigenvalue weighted by atomic mass is 19.1. The van der Waals surface area contributed by atoms with Crippen molar-refractivity contribution in [3.8, 4) is 0 Å². The van der Waals surface area contributed by atoms with E-state index in [1.807, 2.05) is 31.2 Å². The normalized spacial score (nSPS) is 21.9. The number of benzene rings is 2. The Kier molecular flexibility index (Phi) is 6.39. The Morgan fingerprint density at radius 2 is 1.78 bits per heavy atom. The molecule has 5 rings (SSSR count). The van der Waals surface area contributed by atoms with E-state index in [4.69, 9.17) is 0 Å². The standard InChI is InChI=1S/C29H28FN3O3/c1-20-6-2-4-8-24(20)29(17-27(35)33(28(29)36)18-21-10-13-31-14-11-21)16-26(34)32-15-12-22(19-32)23-7-3-5-9-25(23)30/h2-11,13-14,22H,12,15-19H2,1H3/t22-,29+/m0/s1. The molecule has 3 amide bonds. The monoisotopic (exact) mass is 485 g/mol. The second kappa shape index (κ2) is 9.64. The number of halogens is 1. The lowest BCUT2D eigenvalue weighted by Crippen LogP contribution is -2.43. The predicted molar refractivity (Wildman–Crippen MR) is 132 cm³/mol. The van der Waals surface area contributed by atoms with Crippen LogP contribution in [0.1, 0.15) is 47.4 Å². The minimum atomic E-state index is -1.26. The van der Waals surface area contributed by atoms with Crippen molar-refractivity contribution in [2.24, 2.45) is 0 Å². The molecule has 2 fully saturated rings. The molecule has 36 heavy (non-hydrogen) atoms. The molecule has 2 saturated heterocycles. The summed E-state index contributed by atoms with van der Waals surface area (Å²) < 4.78 is 14.3. The summed E-state index contributed by atoms with van der Waals surface area (Å²) in [5, 5.41) is 0. The van der Waals surface area contributed by atoms with Crippen LogP contribution in [0.2, 0.25) is 0 Å². The van der Waals surface area contributed by atoms with Gasteiger partial charge in [0.25, 0.3) is 0 Å². The van der Waals surface area contributed by atoms with Gasteiger partial charge >= 0.3 is 0 Å². The molecule has 0 radical (unpaired) electrons. The highest BCUT2D eigenvalue weighted by Crippen LogP contribution is 2.43.